The number of nitrogens with two attached hydrogens (primary N) is 1. The SMILES string of the molecule is NC(=O)c1c(-c2ccccc2)cc(C(F)(F)F)c2c1NC(c1ccccc1)NC2=O. The maximum atomic E-state index is 13.9. The molecule has 5 nitrogen and oxygen atoms in total. The van der Waals surface area contributed by atoms with E-state index in [9.17, 15) is 22.8 Å². The summed E-state index contributed by atoms with van der Waals surface area (Å²) in [7, 11) is 0. The number of rotatable bonds is 3. The van der Waals surface area contributed by atoms with Crippen LogP contribution in [-0.2, 0) is 6.18 Å². The zero-order chi connectivity index (χ0) is 21.5. The van der Waals surface area contributed by atoms with Crippen molar-refractivity contribution in [1.82, 2.24) is 5.32 Å². The van der Waals surface area contributed by atoms with Gasteiger partial charge in [0, 0.05) is 0 Å². The molecule has 0 saturated heterocycles. The maximum Gasteiger partial charge on any atom is 0.417 e. The summed E-state index contributed by atoms with van der Waals surface area (Å²) in [6.07, 6.45) is -5.64. The van der Waals surface area contributed by atoms with Crippen LogP contribution < -0.4 is 16.4 Å². The molecule has 0 fully saturated rings. The fourth-order valence-electron chi connectivity index (χ4n) is 3.58. The van der Waals surface area contributed by atoms with Crippen molar-refractivity contribution in [2.45, 2.75) is 12.3 Å². The van der Waals surface area contributed by atoms with Crippen LogP contribution in [0.2, 0.25) is 0 Å². The zero-order valence-corrected chi connectivity index (χ0v) is 15.5. The Bertz CT molecular complexity index is 1130. The van der Waals surface area contributed by atoms with Gasteiger partial charge >= 0.3 is 6.18 Å². The molecule has 2 amide bonds. The minimum absolute atomic E-state index is 0.00295. The summed E-state index contributed by atoms with van der Waals surface area (Å²) >= 11 is 0. The van der Waals surface area contributed by atoms with Crippen molar-refractivity contribution in [3.63, 3.8) is 0 Å². The van der Waals surface area contributed by atoms with E-state index in [1.54, 1.807) is 60.7 Å². The fourth-order valence-corrected chi connectivity index (χ4v) is 3.58. The number of halogens is 3. The Labute approximate surface area is 169 Å². The van der Waals surface area contributed by atoms with Crippen LogP contribution in [0, 0.1) is 0 Å². The molecule has 30 heavy (non-hydrogen) atoms. The molecule has 0 spiro atoms. The van der Waals surface area contributed by atoms with Crippen LogP contribution >= 0.6 is 0 Å². The number of hydrogen-bond acceptors (Lipinski definition) is 3. The molecule has 8 heteroatoms. The topological polar surface area (TPSA) is 84.2 Å². The standard InChI is InChI=1S/C22H16F3N3O2/c23-22(24,25)15-11-14(12-7-3-1-4-8-12)16(19(26)29)18-17(15)21(30)28-20(27-18)13-9-5-2-6-10-13/h1-11,20,27H,(H2,26,29)(H,28,30). The van der Waals surface area contributed by atoms with Gasteiger partial charge in [0.15, 0.2) is 0 Å². The van der Waals surface area contributed by atoms with Crippen molar-refractivity contribution >= 4 is 17.5 Å². The lowest BCUT2D eigenvalue weighted by molar-refractivity contribution is -0.137. The van der Waals surface area contributed by atoms with E-state index in [1.165, 1.54) is 0 Å². The molecule has 1 aliphatic heterocycles. The van der Waals surface area contributed by atoms with Gasteiger partial charge in [-0.05, 0) is 22.8 Å². The van der Waals surface area contributed by atoms with Gasteiger partial charge in [-0.3, -0.25) is 9.59 Å². The largest absolute Gasteiger partial charge is 0.417 e. The van der Waals surface area contributed by atoms with Gasteiger partial charge < -0.3 is 16.4 Å². The monoisotopic (exact) mass is 411 g/mol. The van der Waals surface area contributed by atoms with Crippen LogP contribution in [0.4, 0.5) is 18.9 Å². The summed E-state index contributed by atoms with van der Waals surface area (Å²) in [6.45, 7) is 0. The van der Waals surface area contributed by atoms with Gasteiger partial charge in [-0.25, -0.2) is 0 Å². The first-order valence-electron chi connectivity index (χ1n) is 9.03. The van der Waals surface area contributed by atoms with Crippen molar-refractivity contribution in [3.05, 3.63) is 89.0 Å². The smallest absolute Gasteiger partial charge is 0.366 e. The highest BCUT2D eigenvalue weighted by Crippen LogP contribution is 2.44. The second kappa shape index (κ2) is 7.22. The normalized spacial score (nSPS) is 15.7. The number of fused-ring (bicyclic) bond motifs is 1. The van der Waals surface area contributed by atoms with E-state index >= 15 is 0 Å². The summed E-state index contributed by atoms with van der Waals surface area (Å²) in [5, 5.41) is 5.41. The van der Waals surface area contributed by atoms with Gasteiger partial charge in [0.1, 0.15) is 6.17 Å². The molecule has 152 valence electrons. The molecule has 1 aliphatic rings. The van der Waals surface area contributed by atoms with Crippen LogP contribution in [0.15, 0.2) is 66.7 Å². The highest BCUT2D eigenvalue weighted by molar-refractivity contribution is 6.13. The molecule has 3 aromatic rings. The van der Waals surface area contributed by atoms with Crippen LogP contribution in [0.3, 0.4) is 0 Å². The Morgan fingerprint density at radius 2 is 1.53 bits per heavy atom. The average molecular weight is 411 g/mol. The maximum absolute atomic E-state index is 13.9. The van der Waals surface area contributed by atoms with Crippen molar-refractivity contribution in [2.75, 3.05) is 5.32 Å². The van der Waals surface area contributed by atoms with E-state index in [4.69, 9.17) is 5.73 Å². The quantitative estimate of drug-likeness (QED) is 0.600. The summed E-state index contributed by atoms with van der Waals surface area (Å²) in [6, 6.07) is 17.6. The molecule has 4 N–H and O–H groups in total. The number of primary amides is 1. The molecule has 0 saturated carbocycles. The predicted octanol–water partition coefficient (Wildman–Crippen LogP) is 4.33. The van der Waals surface area contributed by atoms with Gasteiger partial charge in [-0.15, -0.1) is 0 Å². The minimum Gasteiger partial charge on any atom is -0.366 e. The summed E-state index contributed by atoms with van der Waals surface area (Å²) < 4.78 is 41.6. The van der Waals surface area contributed by atoms with Gasteiger partial charge in [0.2, 0.25) is 0 Å². The van der Waals surface area contributed by atoms with Gasteiger partial charge in [-0.1, -0.05) is 60.7 Å². The Balaban J connectivity index is 2.01. The number of amides is 2. The number of anilines is 1. The minimum atomic E-state index is -4.82. The van der Waals surface area contributed by atoms with E-state index in [-0.39, 0.29) is 16.8 Å². The van der Waals surface area contributed by atoms with Crippen molar-refractivity contribution in [1.29, 1.82) is 0 Å². The first kappa shape index (κ1) is 19.5. The third-order valence-electron chi connectivity index (χ3n) is 4.89. The lowest BCUT2D eigenvalue weighted by Gasteiger charge is -2.32. The lowest BCUT2D eigenvalue weighted by atomic mass is 9.89. The molecular weight excluding hydrogens is 395 g/mol. The van der Waals surface area contributed by atoms with Gasteiger partial charge in [-0.2, -0.15) is 13.2 Å². The van der Waals surface area contributed by atoms with E-state index in [2.05, 4.69) is 10.6 Å². The van der Waals surface area contributed by atoms with Crippen LogP contribution in [0.25, 0.3) is 11.1 Å². The number of nitrogens with one attached hydrogen (secondary N) is 2. The third kappa shape index (κ3) is 3.36. The molecular formula is C22H16F3N3O2. The van der Waals surface area contributed by atoms with Gasteiger partial charge in [0.25, 0.3) is 11.8 Å². The molecule has 0 radical (unpaired) electrons. The van der Waals surface area contributed by atoms with Crippen LogP contribution in [-0.4, -0.2) is 11.8 Å². The molecule has 1 unspecified atom stereocenters. The summed E-state index contributed by atoms with van der Waals surface area (Å²) in [4.78, 5) is 25.1. The second-order valence-corrected chi connectivity index (χ2v) is 6.79. The van der Waals surface area contributed by atoms with E-state index in [0.29, 0.717) is 11.1 Å². The Hall–Kier alpha value is -3.81. The number of hydrogen-bond donors (Lipinski definition) is 3. The molecule has 0 bridgehead atoms. The van der Waals surface area contributed by atoms with Crippen molar-refractivity contribution < 1.29 is 22.8 Å². The number of carbonyl (C=O) groups is 2. The molecule has 4 rings (SSSR count). The fraction of sp³-hybridized carbons (Fsp3) is 0.0909. The zero-order valence-electron chi connectivity index (χ0n) is 15.5. The Morgan fingerprint density at radius 1 is 0.933 bits per heavy atom. The molecule has 3 aromatic carbocycles. The first-order chi connectivity index (χ1) is 14.3. The molecule has 0 aliphatic carbocycles. The Morgan fingerprint density at radius 3 is 2.10 bits per heavy atom. The van der Waals surface area contributed by atoms with Crippen molar-refractivity contribution in [3.8, 4) is 11.1 Å². The average Bonchev–Trinajstić information content (AvgIpc) is 2.72. The predicted molar refractivity (Wildman–Crippen MR) is 106 cm³/mol. The highest BCUT2D eigenvalue weighted by Gasteiger charge is 2.42. The molecule has 1 atom stereocenters. The van der Waals surface area contributed by atoms with E-state index < -0.39 is 35.3 Å². The third-order valence-corrected chi connectivity index (χ3v) is 4.89. The Kier molecular flexibility index (Phi) is 4.69. The number of benzene rings is 3. The summed E-state index contributed by atoms with van der Waals surface area (Å²) in [5.41, 5.74) is 4.39. The number of alkyl halides is 3. The van der Waals surface area contributed by atoms with Crippen LogP contribution in [0.5, 0.6) is 0 Å². The number of carbonyl (C=O) groups excluding carboxylic acids is 2. The van der Waals surface area contributed by atoms with E-state index in [1.807, 2.05) is 0 Å². The summed E-state index contributed by atoms with van der Waals surface area (Å²) in [5.74, 6) is -1.88. The van der Waals surface area contributed by atoms with Crippen LogP contribution in [0.1, 0.15) is 38.0 Å². The van der Waals surface area contributed by atoms with E-state index in [0.717, 1.165) is 6.07 Å². The molecule has 0 aromatic heterocycles. The molecule has 1 heterocycles. The second-order valence-electron chi connectivity index (χ2n) is 6.79. The lowest BCUT2D eigenvalue weighted by Crippen LogP contribution is -2.41. The highest BCUT2D eigenvalue weighted by atomic mass is 19.4. The van der Waals surface area contributed by atoms with Gasteiger partial charge in [0.05, 0.1) is 22.4 Å². The first-order valence-corrected chi connectivity index (χ1v) is 9.03. The van der Waals surface area contributed by atoms with Crippen molar-refractivity contribution in [2.24, 2.45) is 5.73 Å².